The van der Waals surface area contributed by atoms with Crippen LogP contribution in [-0.4, -0.2) is 52.2 Å². The number of ether oxygens (including phenoxy) is 1. The number of sulfone groups is 1. The first kappa shape index (κ1) is 14.2. The van der Waals surface area contributed by atoms with Crippen LogP contribution in [-0.2, 0) is 14.6 Å². The highest BCUT2D eigenvalue weighted by atomic mass is 32.2. The fourth-order valence-corrected chi connectivity index (χ4v) is 3.10. The molecule has 17 heavy (non-hydrogen) atoms. The summed E-state index contributed by atoms with van der Waals surface area (Å²) < 4.78 is 27.4. The van der Waals surface area contributed by atoms with E-state index < -0.39 is 9.84 Å². The number of methoxy groups -OCH3 is 1. The maximum atomic E-state index is 11.2. The third kappa shape index (κ3) is 5.33. The van der Waals surface area contributed by atoms with Crippen molar-refractivity contribution < 1.29 is 13.2 Å². The average Bonchev–Trinajstić information content (AvgIpc) is 2.30. The number of rotatable bonds is 4. The lowest BCUT2D eigenvalue weighted by Crippen LogP contribution is -2.49. The van der Waals surface area contributed by atoms with Crippen molar-refractivity contribution in [2.45, 2.75) is 18.9 Å². The lowest BCUT2D eigenvalue weighted by molar-refractivity contribution is 0.208. The van der Waals surface area contributed by atoms with Crippen molar-refractivity contribution in [3.05, 3.63) is 0 Å². The predicted octanol–water partition coefficient (Wildman–Crippen LogP) is -1.38. The van der Waals surface area contributed by atoms with Gasteiger partial charge in [0.2, 0.25) is 5.96 Å². The van der Waals surface area contributed by atoms with Gasteiger partial charge < -0.3 is 10.1 Å². The molecule has 1 aliphatic heterocycles. The number of aliphatic imine (C=N–C) groups is 1. The third-order valence-corrected chi connectivity index (χ3v) is 4.31. The molecule has 1 saturated heterocycles. The summed E-state index contributed by atoms with van der Waals surface area (Å²) in [6, 6.07) is 0.107. The Kier molecular flexibility index (Phi) is 5.66. The molecule has 1 heterocycles. The van der Waals surface area contributed by atoms with Gasteiger partial charge >= 0.3 is 0 Å². The van der Waals surface area contributed by atoms with E-state index in [0.717, 1.165) is 0 Å². The van der Waals surface area contributed by atoms with Gasteiger partial charge in [-0.15, -0.1) is 0 Å². The Hall–Kier alpha value is -0.860. The molecule has 0 bridgehead atoms. The van der Waals surface area contributed by atoms with Gasteiger partial charge in [-0.25, -0.2) is 19.3 Å². The molecular formula is C9H20N4O3S. The van der Waals surface area contributed by atoms with Crippen LogP contribution in [0.1, 0.15) is 12.8 Å². The molecule has 0 radical (unpaired) electrons. The Labute approximate surface area is 102 Å². The van der Waals surface area contributed by atoms with E-state index in [1.165, 1.54) is 0 Å². The standard InChI is InChI=1S/C9H20N4O3S/c1-16-5-4-11-9(13-10)12-8-2-6-17(14,15)7-3-8/h8H,2-7,10H2,1H3,(H2,11,12,13). The summed E-state index contributed by atoms with van der Waals surface area (Å²) in [4.78, 5) is 4.16. The van der Waals surface area contributed by atoms with E-state index in [2.05, 4.69) is 15.7 Å². The molecule has 1 rings (SSSR count). The van der Waals surface area contributed by atoms with E-state index in [1.54, 1.807) is 7.11 Å². The van der Waals surface area contributed by atoms with Crippen LogP contribution in [0.2, 0.25) is 0 Å². The molecule has 0 amide bonds. The van der Waals surface area contributed by atoms with Gasteiger partial charge in [0.15, 0.2) is 0 Å². The molecule has 8 heteroatoms. The zero-order valence-corrected chi connectivity index (χ0v) is 10.8. The van der Waals surface area contributed by atoms with Crippen LogP contribution in [0.25, 0.3) is 0 Å². The normalized spacial score (nSPS) is 21.2. The van der Waals surface area contributed by atoms with Gasteiger partial charge in [-0.1, -0.05) is 0 Å². The fourth-order valence-electron chi connectivity index (χ4n) is 1.61. The van der Waals surface area contributed by atoms with E-state index in [9.17, 15) is 8.42 Å². The summed E-state index contributed by atoms with van der Waals surface area (Å²) in [5, 5.41) is 3.10. The Morgan fingerprint density at radius 2 is 2.12 bits per heavy atom. The molecule has 0 saturated carbocycles. The molecule has 7 nitrogen and oxygen atoms in total. The molecule has 0 unspecified atom stereocenters. The highest BCUT2D eigenvalue weighted by Gasteiger charge is 2.23. The molecule has 0 aromatic carbocycles. The van der Waals surface area contributed by atoms with E-state index in [-0.39, 0.29) is 17.5 Å². The minimum Gasteiger partial charge on any atom is -0.383 e. The molecule has 4 N–H and O–H groups in total. The van der Waals surface area contributed by atoms with Crippen LogP contribution in [0.15, 0.2) is 4.99 Å². The lowest BCUT2D eigenvalue weighted by atomic mass is 10.2. The predicted molar refractivity (Wildman–Crippen MR) is 66.3 cm³/mol. The number of hydrogen-bond donors (Lipinski definition) is 3. The number of nitrogens with two attached hydrogens (primary N) is 1. The Bertz CT molecular complexity index is 341. The van der Waals surface area contributed by atoms with Gasteiger partial charge in [-0.05, 0) is 12.8 Å². The highest BCUT2D eigenvalue weighted by Crippen LogP contribution is 2.11. The molecular weight excluding hydrogens is 244 g/mol. The van der Waals surface area contributed by atoms with E-state index in [0.29, 0.717) is 32.0 Å². The second kappa shape index (κ2) is 6.77. The van der Waals surface area contributed by atoms with Crippen LogP contribution in [0.3, 0.4) is 0 Å². The topological polar surface area (TPSA) is 106 Å². The summed E-state index contributed by atoms with van der Waals surface area (Å²) in [5.74, 6) is 6.25. The summed E-state index contributed by atoms with van der Waals surface area (Å²) in [7, 11) is -1.23. The maximum Gasteiger partial charge on any atom is 0.206 e. The third-order valence-electron chi connectivity index (χ3n) is 2.60. The quantitative estimate of drug-likeness (QED) is 0.190. The Balaban J connectivity index is 2.39. The summed E-state index contributed by atoms with van der Waals surface area (Å²) in [6.07, 6.45) is 1.18. The number of hydrogen-bond acceptors (Lipinski definition) is 5. The van der Waals surface area contributed by atoms with Crippen molar-refractivity contribution in [1.29, 1.82) is 0 Å². The number of nitrogens with one attached hydrogen (secondary N) is 2. The van der Waals surface area contributed by atoms with Crippen molar-refractivity contribution in [2.24, 2.45) is 10.8 Å². The zero-order valence-electron chi connectivity index (χ0n) is 9.98. The lowest BCUT2D eigenvalue weighted by Gasteiger charge is -2.24. The molecule has 1 fully saturated rings. The Morgan fingerprint density at radius 1 is 1.47 bits per heavy atom. The monoisotopic (exact) mass is 264 g/mol. The molecule has 0 atom stereocenters. The number of hydrazine groups is 1. The van der Waals surface area contributed by atoms with Gasteiger partial charge in [0.1, 0.15) is 9.84 Å². The van der Waals surface area contributed by atoms with Crippen LogP contribution >= 0.6 is 0 Å². The smallest absolute Gasteiger partial charge is 0.206 e. The second-order valence-corrected chi connectivity index (χ2v) is 6.24. The first-order chi connectivity index (χ1) is 8.07. The van der Waals surface area contributed by atoms with E-state index >= 15 is 0 Å². The second-order valence-electron chi connectivity index (χ2n) is 3.94. The van der Waals surface area contributed by atoms with Gasteiger partial charge in [0.25, 0.3) is 0 Å². The van der Waals surface area contributed by atoms with E-state index in [4.69, 9.17) is 10.6 Å². The van der Waals surface area contributed by atoms with Crippen molar-refractivity contribution in [1.82, 2.24) is 10.7 Å². The van der Waals surface area contributed by atoms with Crippen LogP contribution in [0.5, 0.6) is 0 Å². The van der Waals surface area contributed by atoms with Crippen LogP contribution in [0, 0.1) is 0 Å². The van der Waals surface area contributed by atoms with Crippen molar-refractivity contribution in [3.8, 4) is 0 Å². The van der Waals surface area contributed by atoms with Crippen molar-refractivity contribution in [2.75, 3.05) is 31.8 Å². The van der Waals surface area contributed by atoms with Gasteiger partial charge in [0.05, 0.1) is 24.7 Å². The first-order valence-electron chi connectivity index (χ1n) is 5.54. The van der Waals surface area contributed by atoms with Crippen LogP contribution < -0.4 is 16.6 Å². The summed E-state index contributed by atoms with van der Waals surface area (Å²) >= 11 is 0. The minimum absolute atomic E-state index is 0.107. The first-order valence-corrected chi connectivity index (χ1v) is 7.36. The zero-order chi connectivity index (χ0) is 12.7. The van der Waals surface area contributed by atoms with Gasteiger partial charge in [-0.3, -0.25) is 5.43 Å². The average molecular weight is 264 g/mol. The maximum absolute atomic E-state index is 11.2. The molecule has 1 aliphatic rings. The largest absolute Gasteiger partial charge is 0.383 e. The summed E-state index contributed by atoms with van der Waals surface area (Å²) in [6.45, 7) is 1.03. The molecule has 100 valence electrons. The Morgan fingerprint density at radius 3 is 2.65 bits per heavy atom. The number of guanidine groups is 1. The molecule has 0 aliphatic carbocycles. The number of nitrogens with zero attached hydrogens (tertiary/aromatic N) is 1. The van der Waals surface area contributed by atoms with Crippen molar-refractivity contribution in [3.63, 3.8) is 0 Å². The van der Waals surface area contributed by atoms with E-state index in [1.807, 2.05) is 0 Å². The van der Waals surface area contributed by atoms with Gasteiger partial charge in [0, 0.05) is 13.2 Å². The molecule has 0 spiro atoms. The highest BCUT2D eigenvalue weighted by molar-refractivity contribution is 7.91. The van der Waals surface area contributed by atoms with Crippen molar-refractivity contribution >= 4 is 15.8 Å². The van der Waals surface area contributed by atoms with Crippen LogP contribution in [0.4, 0.5) is 0 Å². The molecule has 0 aromatic heterocycles. The molecule has 0 aromatic rings. The fraction of sp³-hybridized carbons (Fsp3) is 0.889. The summed E-state index contributed by atoms with van der Waals surface area (Å²) in [5.41, 5.74) is 2.46. The SMILES string of the molecule is COCCN=C(NN)NC1CCS(=O)(=O)CC1. The minimum atomic E-state index is -2.83. The van der Waals surface area contributed by atoms with Gasteiger partial charge in [-0.2, -0.15) is 0 Å².